The molecule has 0 saturated heterocycles. The lowest BCUT2D eigenvalue weighted by atomic mass is 9.81. The molecule has 1 unspecified atom stereocenters. The number of hydrogen-bond acceptors (Lipinski definition) is 5. The van der Waals surface area contributed by atoms with Crippen LogP contribution in [0.15, 0.2) is 34.9 Å². The van der Waals surface area contributed by atoms with Gasteiger partial charge in [-0.2, -0.15) is 5.26 Å². The van der Waals surface area contributed by atoms with Crippen LogP contribution in [0.5, 0.6) is 0 Å². The van der Waals surface area contributed by atoms with Crippen LogP contribution in [0.4, 0.5) is 8.78 Å². The molecule has 0 fully saturated rings. The number of carbonyl (C=O) groups is 1. The maximum atomic E-state index is 14.0. The van der Waals surface area contributed by atoms with Crippen molar-refractivity contribution in [1.82, 2.24) is 0 Å². The molecule has 0 radical (unpaired) electrons. The Morgan fingerprint density at radius 2 is 2.08 bits per heavy atom. The van der Waals surface area contributed by atoms with Crippen LogP contribution in [0.25, 0.3) is 0 Å². The van der Waals surface area contributed by atoms with Crippen molar-refractivity contribution in [3.63, 3.8) is 0 Å². The first-order valence-electron chi connectivity index (χ1n) is 7.22. The van der Waals surface area contributed by atoms with E-state index in [1.165, 1.54) is 13.8 Å². The van der Waals surface area contributed by atoms with Crippen molar-refractivity contribution in [3.05, 3.63) is 57.7 Å². The molecule has 0 aliphatic carbocycles. The van der Waals surface area contributed by atoms with Crippen LogP contribution < -0.4 is 5.73 Å². The van der Waals surface area contributed by atoms with Crippen molar-refractivity contribution in [2.45, 2.75) is 26.7 Å². The number of ether oxygens (including phenoxy) is 2. The number of esters is 1. The molecule has 24 heavy (non-hydrogen) atoms. The molecule has 0 saturated carbocycles. The fourth-order valence-electron chi connectivity index (χ4n) is 2.63. The minimum Gasteiger partial charge on any atom is -0.463 e. The predicted octanol–water partition coefficient (Wildman–Crippen LogP) is 2.92. The fraction of sp³-hybridized carbons (Fsp3) is 0.294. The molecule has 1 aromatic rings. The smallest absolute Gasteiger partial charge is 0.338 e. The molecule has 2 N–H and O–H groups in total. The van der Waals surface area contributed by atoms with E-state index < -0.39 is 23.5 Å². The van der Waals surface area contributed by atoms with Crippen molar-refractivity contribution in [1.29, 1.82) is 5.26 Å². The van der Waals surface area contributed by atoms with E-state index in [2.05, 4.69) is 0 Å². The number of nitriles is 1. The second-order valence-electron chi connectivity index (χ2n) is 5.22. The highest BCUT2D eigenvalue weighted by Gasteiger charge is 2.37. The Balaban J connectivity index is 2.75. The van der Waals surface area contributed by atoms with E-state index in [4.69, 9.17) is 15.2 Å². The highest BCUT2D eigenvalue weighted by atomic mass is 19.1. The van der Waals surface area contributed by atoms with E-state index in [0.29, 0.717) is 0 Å². The first-order chi connectivity index (χ1) is 11.3. The molecular weight excluding hydrogens is 318 g/mol. The maximum absolute atomic E-state index is 14.0. The molecule has 1 atom stereocenters. The zero-order valence-electron chi connectivity index (χ0n) is 13.4. The lowest BCUT2D eigenvalue weighted by molar-refractivity contribution is -0.139. The maximum Gasteiger partial charge on any atom is 0.338 e. The van der Waals surface area contributed by atoms with Gasteiger partial charge in [0.05, 0.1) is 18.1 Å². The summed E-state index contributed by atoms with van der Waals surface area (Å²) in [6.45, 7) is 4.63. The van der Waals surface area contributed by atoms with Crippen LogP contribution in [0, 0.1) is 29.9 Å². The molecule has 0 bridgehead atoms. The summed E-state index contributed by atoms with van der Waals surface area (Å²) in [5.74, 6) is -3.49. The van der Waals surface area contributed by atoms with Crippen molar-refractivity contribution in [2.75, 3.05) is 6.61 Å². The van der Waals surface area contributed by atoms with Gasteiger partial charge >= 0.3 is 5.97 Å². The van der Waals surface area contributed by atoms with Crippen LogP contribution in [0.1, 0.15) is 30.9 Å². The van der Waals surface area contributed by atoms with Gasteiger partial charge < -0.3 is 15.2 Å². The molecule has 1 aliphatic rings. The van der Waals surface area contributed by atoms with E-state index >= 15 is 0 Å². The Morgan fingerprint density at radius 1 is 1.42 bits per heavy atom. The summed E-state index contributed by atoms with van der Waals surface area (Å²) in [5, 5.41) is 9.41. The Morgan fingerprint density at radius 3 is 2.67 bits per heavy atom. The summed E-state index contributed by atoms with van der Waals surface area (Å²) < 4.78 is 37.9. The SMILES string of the molecule is CCOC(=O)C1=C(C)OC(N)=C(C#N)C1c1cc(F)cc(F)c1C. The minimum atomic E-state index is -1.06. The van der Waals surface area contributed by atoms with Crippen LogP contribution in [0.2, 0.25) is 0 Å². The van der Waals surface area contributed by atoms with Gasteiger partial charge in [0.2, 0.25) is 5.88 Å². The quantitative estimate of drug-likeness (QED) is 0.859. The molecule has 7 heteroatoms. The van der Waals surface area contributed by atoms with Crippen LogP contribution in [-0.2, 0) is 14.3 Å². The standard InChI is InChI=1S/C17H16F2N2O3/c1-4-23-17(22)14-9(3)24-16(21)12(7-20)15(14)11-5-10(18)6-13(19)8(11)2/h5-6,15H,4,21H2,1-3H3. The van der Waals surface area contributed by atoms with Crippen molar-refractivity contribution < 1.29 is 23.0 Å². The van der Waals surface area contributed by atoms with Crippen LogP contribution in [0.3, 0.4) is 0 Å². The van der Waals surface area contributed by atoms with E-state index in [1.54, 1.807) is 6.92 Å². The third-order valence-corrected chi connectivity index (χ3v) is 3.76. The number of benzene rings is 1. The van der Waals surface area contributed by atoms with Gasteiger partial charge in [0.25, 0.3) is 0 Å². The first kappa shape index (κ1) is 17.5. The van der Waals surface area contributed by atoms with E-state index in [-0.39, 0.29) is 40.5 Å². The summed E-state index contributed by atoms with van der Waals surface area (Å²) in [7, 11) is 0. The summed E-state index contributed by atoms with van der Waals surface area (Å²) in [6, 6.07) is 3.67. The molecule has 1 aliphatic heterocycles. The normalized spacial score (nSPS) is 17.4. The highest BCUT2D eigenvalue weighted by molar-refractivity contribution is 5.92. The largest absolute Gasteiger partial charge is 0.463 e. The van der Waals surface area contributed by atoms with Gasteiger partial charge in [0, 0.05) is 6.07 Å². The lowest BCUT2D eigenvalue weighted by Gasteiger charge is -2.27. The van der Waals surface area contributed by atoms with Crippen molar-refractivity contribution in [2.24, 2.45) is 5.73 Å². The van der Waals surface area contributed by atoms with Crippen molar-refractivity contribution >= 4 is 5.97 Å². The summed E-state index contributed by atoms with van der Waals surface area (Å²) in [4.78, 5) is 12.3. The molecule has 0 aromatic heterocycles. The molecular formula is C17H16F2N2O3. The average molecular weight is 334 g/mol. The van der Waals surface area contributed by atoms with E-state index in [0.717, 1.165) is 12.1 Å². The molecule has 1 heterocycles. The van der Waals surface area contributed by atoms with Crippen LogP contribution in [-0.4, -0.2) is 12.6 Å². The summed E-state index contributed by atoms with van der Waals surface area (Å²) in [5.41, 5.74) is 5.86. The van der Waals surface area contributed by atoms with Gasteiger partial charge in [-0.05, 0) is 38.0 Å². The monoisotopic (exact) mass is 334 g/mol. The fourth-order valence-corrected chi connectivity index (χ4v) is 2.63. The average Bonchev–Trinajstić information content (AvgIpc) is 2.50. The molecule has 0 amide bonds. The Hall–Kier alpha value is -2.88. The Labute approximate surface area is 138 Å². The summed E-state index contributed by atoms with van der Waals surface area (Å²) in [6.07, 6.45) is 0. The molecule has 5 nitrogen and oxygen atoms in total. The third kappa shape index (κ3) is 2.95. The molecule has 126 valence electrons. The first-order valence-corrected chi connectivity index (χ1v) is 7.22. The Kier molecular flexibility index (Phi) is 4.88. The van der Waals surface area contributed by atoms with E-state index in [9.17, 15) is 18.8 Å². The second-order valence-corrected chi connectivity index (χ2v) is 5.22. The van der Waals surface area contributed by atoms with Gasteiger partial charge in [-0.25, -0.2) is 13.6 Å². The van der Waals surface area contributed by atoms with E-state index in [1.807, 2.05) is 6.07 Å². The number of halogens is 2. The molecule has 1 aromatic carbocycles. The molecule has 0 spiro atoms. The van der Waals surface area contributed by atoms with Gasteiger partial charge in [0.15, 0.2) is 0 Å². The van der Waals surface area contributed by atoms with Gasteiger partial charge in [-0.15, -0.1) is 0 Å². The lowest BCUT2D eigenvalue weighted by Crippen LogP contribution is -2.26. The highest BCUT2D eigenvalue weighted by Crippen LogP contribution is 2.41. The van der Waals surface area contributed by atoms with Crippen LogP contribution >= 0.6 is 0 Å². The zero-order chi connectivity index (χ0) is 18.0. The number of nitrogens with two attached hydrogens (primary N) is 1. The zero-order valence-corrected chi connectivity index (χ0v) is 13.4. The number of hydrogen-bond donors (Lipinski definition) is 1. The predicted molar refractivity (Wildman–Crippen MR) is 81.1 cm³/mol. The Bertz CT molecular complexity index is 807. The second kappa shape index (κ2) is 6.71. The number of carbonyl (C=O) groups excluding carboxylic acids is 1. The third-order valence-electron chi connectivity index (χ3n) is 3.76. The minimum absolute atomic E-state index is 0.00398. The number of rotatable bonds is 3. The van der Waals surface area contributed by atoms with Gasteiger partial charge in [0.1, 0.15) is 29.0 Å². The molecule has 2 rings (SSSR count). The topological polar surface area (TPSA) is 85.3 Å². The number of nitrogens with zero attached hydrogens (tertiary/aromatic N) is 1. The van der Waals surface area contributed by atoms with Gasteiger partial charge in [-0.3, -0.25) is 0 Å². The van der Waals surface area contributed by atoms with Gasteiger partial charge in [-0.1, -0.05) is 0 Å². The number of allylic oxidation sites excluding steroid dienone is 2. The van der Waals surface area contributed by atoms with Crippen molar-refractivity contribution in [3.8, 4) is 6.07 Å². The summed E-state index contributed by atoms with van der Waals surface area (Å²) >= 11 is 0.